The molecule has 1 fully saturated rings. The maximum absolute atomic E-state index is 12.0. The van der Waals surface area contributed by atoms with Crippen molar-refractivity contribution >= 4 is 28.2 Å². The highest BCUT2D eigenvalue weighted by molar-refractivity contribution is 7.14. The summed E-state index contributed by atoms with van der Waals surface area (Å²) in [5, 5.41) is 15.1. The molecule has 112 valence electrons. The van der Waals surface area contributed by atoms with Crippen LogP contribution >= 0.6 is 11.3 Å². The molecular weight excluding hydrogens is 286 g/mol. The third-order valence-corrected chi connectivity index (χ3v) is 4.15. The monoisotopic (exact) mass is 305 g/mol. The number of urea groups is 1. The van der Waals surface area contributed by atoms with E-state index < -0.39 is 0 Å². The van der Waals surface area contributed by atoms with E-state index in [4.69, 9.17) is 0 Å². The summed E-state index contributed by atoms with van der Waals surface area (Å²) in [6.45, 7) is 6.29. The van der Waals surface area contributed by atoms with Crippen molar-refractivity contribution in [2.75, 3.05) is 10.6 Å². The van der Waals surface area contributed by atoms with Gasteiger partial charge in [0.1, 0.15) is 0 Å². The van der Waals surface area contributed by atoms with E-state index in [0.29, 0.717) is 11.0 Å². The zero-order chi connectivity index (χ0) is 15.0. The molecule has 3 rings (SSSR count). The number of hydrogen-bond acceptors (Lipinski definition) is 4. The first-order valence-electron chi connectivity index (χ1n) is 7.01. The Kier molecular flexibility index (Phi) is 3.44. The minimum atomic E-state index is -0.284. The fourth-order valence-corrected chi connectivity index (χ4v) is 2.94. The second kappa shape index (κ2) is 5.14. The number of hydrogen-bond donors (Lipinski definition) is 3. The second-order valence-electron chi connectivity index (χ2n) is 6.34. The molecule has 0 radical (unpaired) electrons. The lowest BCUT2D eigenvalue weighted by atomic mass is 9.93. The number of nitrogens with one attached hydrogen (secondary N) is 3. The first-order chi connectivity index (χ1) is 9.93. The number of anilines is 2. The fraction of sp³-hybridized carbons (Fsp3) is 0.500. The molecule has 3 N–H and O–H groups in total. The molecule has 0 aliphatic heterocycles. The van der Waals surface area contributed by atoms with Crippen LogP contribution in [0.15, 0.2) is 11.6 Å². The Balaban J connectivity index is 1.63. The normalized spacial score (nSPS) is 15.0. The third kappa shape index (κ3) is 3.24. The Morgan fingerprint density at radius 3 is 2.76 bits per heavy atom. The summed E-state index contributed by atoms with van der Waals surface area (Å²) in [5.41, 5.74) is 2.73. The minimum absolute atomic E-state index is 0.0173. The maximum atomic E-state index is 12.0. The summed E-state index contributed by atoms with van der Waals surface area (Å²) in [4.78, 5) is 16.5. The molecule has 7 heteroatoms. The first kappa shape index (κ1) is 14.1. The summed E-state index contributed by atoms with van der Waals surface area (Å²) in [6.07, 6.45) is 3.95. The molecule has 2 amide bonds. The zero-order valence-corrected chi connectivity index (χ0v) is 13.2. The highest BCUT2D eigenvalue weighted by Crippen LogP contribution is 2.42. The Morgan fingerprint density at radius 1 is 1.38 bits per heavy atom. The van der Waals surface area contributed by atoms with Gasteiger partial charge < -0.3 is 5.32 Å². The Morgan fingerprint density at radius 2 is 2.14 bits per heavy atom. The van der Waals surface area contributed by atoms with Crippen molar-refractivity contribution < 1.29 is 4.79 Å². The third-order valence-electron chi connectivity index (χ3n) is 3.40. The van der Waals surface area contributed by atoms with Crippen molar-refractivity contribution in [1.29, 1.82) is 0 Å². The fourth-order valence-electron chi connectivity index (χ4n) is 2.01. The van der Waals surface area contributed by atoms with Crippen LogP contribution < -0.4 is 10.6 Å². The zero-order valence-electron chi connectivity index (χ0n) is 12.4. The van der Waals surface area contributed by atoms with Gasteiger partial charge >= 0.3 is 6.03 Å². The van der Waals surface area contributed by atoms with Gasteiger partial charge in [-0.25, -0.2) is 9.78 Å². The second-order valence-corrected chi connectivity index (χ2v) is 7.20. The molecule has 0 unspecified atom stereocenters. The van der Waals surface area contributed by atoms with Gasteiger partial charge in [-0.15, -0.1) is 11.3 Å². The summed E-state index contributed by atoms with van der Waals surface area (Å²) in [7, 11) is 0. The highest BCUT2D eigenvalue weighted by Gasteiger charge is 2.28. The molecule has 1 saturated carbocycles. The van der Waals surface area contributed by atoms with Crippen LogP contribution in [0.1, 0.15) is 50.9 Å². The number of rotatable bonds is 3. The lowest BCUT2D eigenvalue weighted by molar-refractivity contribution is 0.262. The largest absolute Gasteiger partial charge is 0.325 e. The molecule has 0 saturated heterocycles. The Labute approximate surface area is 127 Å². The van der Waals surface area contributed by atoms with Crippen LogP contribution in [0, 0.1) is 0 Å². The summed E-state index contributed by atoms with van der Waals surface area (Å²) in [5.74, 6) is 0.509. The molecule has 1 aliphatic carbocycles. The highest BCUT2D eigenvalue weighted by atomic mass is 32.1. The molecule has 2 aromatic rings. The van der Waals surface area contributed by atoms with E-state index >= 15 is 0 Å². The predicted octanol–water partition coefficient (Wildman–Crippen LogP) is 3.69. The van der Waals surface area contributed by atoms with E-state index in [2.05, 4.69) is 46.6 Å². The molecule has 0 spiro atoms. The van der Waals surface area contributed by atoms with Gasteiger partial charge in [-0.1, -0.05) is 20.8 Å². The van der Waals surface area contributed by atoms with Crippen molar-refractivity contribution in [1.82, 2.24) is 15.2 Å². The van der Waals surface area contributed by atoms with Crippen LogP contribution in [0.25, 0.3) is 0 Å². The van der Waals surface area contributed by atoms with Gasteiger partial charge in [-0.05, 0) is 12.8 Å². The predicted molar refractivity (Wildman–Crippen MR) is 84.0 cm³/mol. The molecule has 21 heavy (non-hydrogen) atoms. The van der Waals surface area contributed by atoms with E-state index in [1.54, 1.807) is 6.20 Å². The Bertz CT molecular complexity index is 650. The van der Waals surface area contributed by atoms with Crippen LogP contribution in [0.5, 0.6) is 0 Å². The number of aromatic nitrogens is 3. The molecular formula is C14H19N5OS. The number of nitrogens with zero attached hydrogens (tertiary/aromatic N) is 2. The van der Waals surface area contributed by atoms with Crippen molar-refractivity contribution in [3.8, 4) is 0 Å². The molecule has 0 aromatic carbocycles. The van der Waals surface area contributed by atoms with Gasteiger partial charge in [-0.3, -0.25) is 10.4 Å². The molecule has 2 aromatic heterocycles. The van der Waals surface area contributed by atoms with Crippen LogP contribution in [0.3, 0.4) is 0 Å². The average Bonchev–Trinajstić information content (AvgIpc) is 2.94. The van der Waals surface area contributed by atoms with Crippen molar-refractivity contribution in [3.05, 3.63) is 23.0 Å². The van der Waals surface area contributed by atoms with E-state index in [-0.39, 0.29) is 11.4 Å². The van der Waals surface area contributed by atoms with E-state index in [1.165, 1.54) is 11.3 Å². The van der Waals surface area contributed by atoms with Crippen molar-refractivity contribution in [2.24, 2.45) is 0 Å². The Hall–Kier alpha value is -1.89. The van der Waals surface area contributed by atoms with Crippen LogP contribution in [-0.2, 0) is 5.41 Å². The van der Waals surface area contributed by atoms with Gasteiger partial charge in [0.15, 0.2) is 5.13 Å². The minimum Gasteiger partial charge on any atom is -0.304 e. The lowest BCUT2D eigenvalue weighted by Crippen LogP contribution is -2.20. The maximum Gasteiger partial charge on any atom is 0.325 e. The molecule has 6 nitrogen and oxygen atoms in total. The lowest BCUT2D eigenvalue weighted by Gasteiger charge is -2.14. The standard InChI is InChI=1S/C14H19N5OS/c1-14(2,3)10-7-21-13(17-10)18-12(20)16-9-6-15-19-11(9)8-4-5-8/h6-8H,4-5H2,1-3H3,(H,15,19)(H2,16,17,18,20). The van der Waals surface area contributed by atoms with E-state index in [1.807, 2.05) is 5.38 Å². The van der Waals surface area contributed by atoms with Gasteiger partial charge in [0.05, 0.1) is 23.3 Å². The SMILES string of the molecule is CC(C)(C)c1csc(NC(=O)Nc2cn[nH]c2C2CC2)n1. The van der Waals surface area contributed by atoms with Crippen LogP contribution in [0.4, 0.5) is 15.6 Å². The molecule has 2 heterocycles. The van der Waals surface area contributed by atoms with Gasteiger partial charge in [0, 0.05) is 16.7 Å². The number of amides is 2. The smallest absolute Gasteiger partial charge is 0.304 e. The van der Waals surface area contributed by atoms with Gasteiger partial charge in [0.2, 0.25) is 0 Å². The van der Waals surface area contributed by atoms with Crippen LogP contribution in [-0.4, -0.2) is 21.2 Å². The molecule has 0 bridgehead atoms. The van der Waals surface area contributed by atoms with Gasteiger partial charge in [0.25, 0.3) is 0 Å². The quantitative estimate of drug-likeness (QED) is 0.808. The van der Waals surface area contributed by atoms with E-state index in [0.717, 1.165) is 29.9 Å². The van der Waals surface area contributed by atoms with Gasteiger partial charge in [-0.2, -0.15) is 5.10 Å². The average molecular weight is 305 g/mol. The number of thiazole rings is 1. The number of H-pyrrole nitrogens is 1. The number of carbonyl (C=O) groups is 1. The van der Waals surface area contributed by atoms with Crippen LogP contribution in [0.2, 0.25) is 0 Å². The molecule has 0 atom stereocenters. The number of carbonyl (C=O) groups excluding carboxylic acids is 1. The van der Waals surface area contributed by atoms with E-state index in [9.17, 15) is 4.79 Å². The van der Waals surface area contributed by atoms with Crippen molar-refractivity contribution in [2.45, 2.75) is 44.9 Å². The summed E-state index contributed by atoms with van der Waals surface area (Å²) in [6, 6.07) is -0.284. The first-order valence-corrected chi connectivity index (χ1v) is 7.89. The van der Waals surface area contributed by atoms with Crippen molar-refractivity contribution in [3.63, 3.8) is 0 Å². The summed E-state index contributed by atoms with van der Waals surface area (Å²) < 4.78 is 0. The topological polar surface area (TPSA) is 82.7 Å². The molecule has 1 aliphatic rings. The summed E-state index contributed by atoms with van der Waals surface area (Å²) >= 11 is 1.43. The number of aromatic amines is 1.